The van der Waals surface area contributed by atoms with Gasteiger partial charge in [0.2, 0.25) is 0 Å². The van der Waals surface area contributed by atoms with Gasteiger partial charge in [0.05, 0.1) is 11.2 Å². The fourth-order valence-corrected chi connectivity index (χ4v) is 6.38. The van der Waals surface area contributed by atoms with Crippen molar-refractivity contribution in [3.63, 3.8) is 0 Å². The number of aromatic nitrogens is 2. The first kappa shape index (κ1) is 26.1. The number of hydrogen-bond acceptors (Lipinski definition) is 3. The molecule has 8 rings (SSSR count). The molecule has 210 valence electrons. The number of para-hydroxylation sites is 2. The summed E-state index contributed by atoms with van der Waals surface area (Å²) in [6.45, 7) is 4.53. The van der Waals surface area contributed by atoms with Crippen LogP contribution in [0, 0.1) is 0 Å². The zero-order valence-electron chi connectivity index (χ0n) is 24.7. The molecule has 6 aromatic carbocycles. The van der Waals surface area contributed by atoms with Crippen LogP contribution in [0.3, 0.4) is 0 Å². The Bertz CT molecular complexity index is 2180. The van der Waals surface area contributed by atoms with Gasteiger partial charge in [-0.05, 0) is 52.6 Å². The second kappa shape index (κ2) is 10.3. The van der Waals surface area contributed by atoms with Gasteiger partial charge in [0, 0.05) is 33.1 Å². The smallest absolute Gasteiger partial charge is 0.160 e. The summed E-state index contributed by atoms with van der Waals surface area (Å²) in [6, 6.07) is 50.7. The monoisotopic (exact) mass is 566 g/mol. The number of fused-ring (bicyclic) bond motifs is 3. The van der Waals surface area contributed by atoms with E-state index in [4.69, 9.17) is 14.7 Å². The molecule has 1 aromatic heterocycles. The summed E-state index contributed by atoms with van der Waals surface area (Å²) < 4.78 is 6.41. The zero-order chi connectivity index (χ0) is 29.7. The number of rotatable bonds is 4. The van der Waals surface area contributed by atoms with Crippen LogP contribution in [0.25, 0.3) is 55.8 Å². The van der Waals surface area contributed by atoms with Crippen LogP contribution in [0.5, 0.6) is 11.5 Å². The number of nitrogens with zero attached hydrogens (tertiary/aromatic N) is 2. The van der Waals surface area contributed by atoms with Crippen molar-refractivity contribution in [2.24, 2.45) is 0 Å². The van der Waals surface area contributed by atoms with Crippen LogP contribution >= 0.6 is 0 Å². The van der Waals surface area contributed by atoms with Crippen LogP contribution in [-0.4, -0.2) is 9.97 Å². The molecule has 3 heteroatoms. The van der Waals surface area contributed by atoms with Crippen LogP contribution in [0.4, 0.5) is 0 Å². The van der Waals surface area contributed by atoms with Crippen LogP contribution in [-0.2, 0) is 5.41 Å². The SMILES string of the molecule is CC1(C)c2ccccc2Oc2cc(-c3cccc(-c4cccc(-c5nc(-c6ccccc6)c6ccccc6n5)c4)c3)ccc21. The molecule has 0 amide bonds. The van der Waals surface area contributed by atoms with Gasteiger partial charge in [-0.3, -0.25) is 0 Å². The molecule has 0 atom stereocenters. The van der Waals surface area contributed by atoms with Gasteiger partial charge in [-0.25, -0.2) is 9.97 Å². The minimum absolute atomic E-state index is 0.129. The largest absolute Gasteiger partial charge is 0.457 e. The van der Waals surface area contributed by atoms with Crippen molar-refractivity contribution in [3.8, 4) is 56.4 Å². The maximum atomic E-state index is 6.41. The first-order valence-corrected chi connectivity index (χ1v) is 15.0. The van der Waals surface area contributed by atoms with Gasteiger partial charge in [-0.15, -0.1) is 0 Å². The highest BCUT2D eigenvalue weighted by Gasteiger charge is 2.34. The third-order valence-electron chi connectivity index (χ3n) is 8.74. The second-order valence-corrected chi connectivity index (χ2v) is 11.9. The molecule has 0 N–H and O–H groups in total. The molecule has 0 radical (unpaired) electrons. The molecule has 0 aliphatic carbocycles. The fourth-order valence-electron chi connectivity index (χ4n) is 6.38. The van der Waals surface area contributed by atoms with E-state index in [0.717, 1.165) is 67.3 Å². The van der Waals surface area contributed by atoms with E-state index < -0.39 is 0 Å². The molecular weight excluding hydrogens is 536 g/mol. The highest BCUT2D eigenvalue weighted by Crippen LogP contribution is 2.48. The summed E-state index contributed by atoms with van der Waals surface area (Å²) in [5.41, 5.74) is 10.8. The molecule has 0 fully saturated rings. The maximum absolute atomic E-state index is 6.41. The first-order chi connectivity index (χ1) is 21.5. The zero-order valence-corrected chi connectivity index (χ0v) is 24.7. The number of ether oxygens (including phenoxy) is 1. The summed E-state index contributed by atoms with van der Waals surface area (Å²) in [4.78, 5) is 10.1. The normalized spacial score (nSPS) is 13.1. The van der Waals surface area contributed by atoms with Crippen molar-refractivity contribution >= 4 is 10.9 Å². The summed E-state index contributed by atoms with van der Waals surface area (Å²) in [7, 11) is 0. The molecule has 44 heavy (non-hydrogen) atoms. The van der Waals surface area contributed by atoms with Crippen LogP contribution in [0.1, 0.15) is 25.0 Å². The molecule has 0 saturated carbocycles. The van der Waals surface area contributed by atoms with Crippen molar-refractivity contribution in [2.75, 3.05) is 0 Å². The Morgan fingerprint density at radius 1 is 0.455 bits per heavy atom. The van der Waals surface area contributed by atoms with Crippen molar-refractivity contribution in [1.82, 2.24) is 9.97 Å². The Morgan fingerprint density at radius 2 is 1.05 bits per heavy atom. The van der Waals surface area contributed by atoms with Crippen LogP contribution in [0.15, 0.2) is 146 Å². The molecule has 3 nitrogen and oxygen atoms in total. The Labute approximate surface area is 257 Å². The standard InChI is InChI=1S/C41H30N2O/c1-41(2)34-19-7-9-21-37(34)44-38-26-31(22-23-35(38)41)29-15-10-14-28(24-29)30-16-11-17-32(25-30)40-42-36-20-8-6-18-33(36)39(43-40)27-12-4-3-5-13-27/h3-26H,1-2H3. The Balaban J connectivity index is 1.17. The third-order valence-corrected chi connectivity index (χ3v) is 8.74. The highest BCUT2D eigenvalue weighted by molar-refractivity contribution is 5.93. The van der Waals surface area contributed by atoms with Gasteiger partial charge in [-0.2, -0.15) is 0 Å². The fraction of sp³-hybridized carbons (Fsp3) is 0.0732. The quantitative estimate of drug-likeness (QED) is 0.213. The van der Waals surface area contributed by atoms with Crippen LogP contribution in [0.2, 0.25) is 0 Å². The molecular formula is C41H30N2O. The predicted molar refractivity (Wildman–Crippen MR) is 180 cm³/mol. The van der Waals surface area contributed by atoms with Crippen molar-refractivity contribution in [3.05, 3.63) is 157 Å². The topological polar surface area (TPSA) is 35.0 Å². The average Bonchev–Trinajstić information content (AvgIpc) is 3.08. The Hall–Kier alpha value is -5.54. The minimum atomic E-state index is -0.129. The summed E-state index contributed by atoms with van der Waals surface area (Å²) in [5.74, 6) is 2.57. The number of hydrogen-bond donors (Lipinski definition) is 0. The van der Waals surface area contributed by atoms with Gasteiger partial charge in [-0.1, -0.05) is 129 Å². The third kappa shape index (κ3) is 4.45. The van der Waals surface area contributed by atoms with E-state index in [2.05, 4.69) is 123 Å². The van der Waals surface area contributed by atoms with Crippen molar-refractivity contribution in [1.29, 1.82) is 0 Å². The van der Waals surface area contributed by atoms with Gasteiger partial charge in [0.25, 0.3) is 0 Å². The lowest BCUT2D eigenvalue weighted by Gasteiger charge is -2.34. The maximum Gasteiger partial charge on any atom is 0.160 e. The lowest BCUT2D eigenvalue weighted by atomic mass is 9.75. The van der Waals surface area contributed by atoms with E-state index in [1.807, 2.05) is 36.4 Å². The molecule has 0 unspecified atom stereocenters. The molecule has 0 saturated heterocycles. The lowest BCUT2D eigenvalue weighted by Crippen LogP contribution is -2.24. The van der Waals surface area contributed by atoms with Crippen molar-refractivity contribution < 1.29 is 4.74 Å². The van der Waals surface area contributed by atoms with Crippen molar-refractivity contribution in [2.45, 2.75) is 19.3 Å². The molecule has 7 aromatic rings. The molecule has 1 aliphatic rings. The minimum Gasteiger partial charge on any atom is -0.457 e. The Morgan fingerprint density at radius 3 is 1.84 bits per heavy atom. The first-order valence-electron chi connectivity index (χ1n) is 15.0. The lowest BCUT2D eigenvalue weighted by molar-refractivity contribution is 0.418. The molecule has 0 spiro atoms. The van der Waals surface area contributed by atoms with E-state index >= 15 is 0 Å². The van der Waals surface area contributed by atoms with E-state index in [0.29, 0.717) is 0 Å². The molecule has 0 bridgehead atoms. The van der Waals surface area contributed by atoms with Gasteiger partial charge in [0.15, 0.2) is 5.82 Å². The van der Waals surface area contributed by atoms with E-state index in [9.17, 15) is 0 Å². The second-order valence-electron chi connectivity index (χ2n) is 11.9. The van der Waals surface area contributed by atoms with E-state index in [1.54, 1.807) is 0 Å². The predicted octanol–water partition coefficient (Wildman–Crippen LogP) is 10.7. The van der Waals surface area contributed by atoms with Gasteiger partial charge in [0.1, 0.15) is 11.5 Å². The summed E-state index contributed by atoms with van der Waals surface area (Å²) in [5, 5.41) is 1.05. The summed E-state index contributed by atoms with van der Waals surface area (Å²) in [6.07, 6.45) is 0. The number of benzene rings is 6. The van der Waals surface area contributed by atoms with E-state index in [-0.39, 0.29) is 5.41 Å². The van der Waals surface area contributed by atoms with E-state index in [1.165, 1.54) is 11.1 Å². The summed E-state index contributed by atoms with van der Waals surface area (Å²) >= 11 is 0. The van der Waals surface area contributed by atoms with Gasteiger partial charge < -0.3 is 4.74 Å². The Kier molecular flexibility index (Phi) is 6.13. The average molecular weight is 567 g/mol. The van der Waals surface area contributed by atoms with Crippen LogP contribution < -0.4 is 4.74 Å². The molecule has 2 heterocycles. The van der Waals surface area contributed by atoms with Gasteiger partial charge >= 0.3 is 0 Å². The highest BCUT2D eigenvalue weighted by atomic mass is 16.5. The molecule has 1 aliphatic heterocycles.